The first-order valence-electron chi connectivity index (χ1n) is 12.2. The maximum Gasteiger partial charge on any atom is 0.240 e. The molecule has 0 radical (unpaired) electrons. The van der Waals surface area contributed by atoms with Crippen LogP contribution in [0.1, 0.15) is 35.1 Å². The Labute approximate surface area is 216 Å². The molecule has 2 unspecified atom stereocenters. The molecule has 2 aliphatic rings. The SMILES string of the molecule is O=C1CC(Cc2cccc3c2CCC(NS(=O)(=O)c2ccc(Cl)cc2)C3)C(O)=C1Cc1ccccc1. The van der Waals surface area contributed by atoms with E-state index in [2.05, 4.69) is 10.8 Å². The van der Waals surface area contributed by atoms with Gasteiger partial charge in [0, 0.05) is 35.4 Å². The number of Topliss-reactive ketones (excluding diaryl/α,β-unsaturated/α-hetero) is 1. The van der Waals surface area contributed by atoms with E-state index in [1.165, 1.54) is 17.7 Å². The first kappa shape index (κ1) is 24.8. The van der Waals surface area contributed by atoms with Gasteiger partial charge in [0.1, 0.15) is 5.76 Å². The van der Waals surface area contributed by atoms with Gasteiger partial charge in [0.05, 0.1) is 4.90 Å². The quantitative estimate of drug-likeness (QED) is 0.438. The Kier molecular flexibility index (Phi) is 7.02. The van der Waals surface area contributed by atoms with Gasteiger partial charge in [-0.1, -0.05) is 60.1 Å². The normalized spacial score (nSPS) is 20.0. The van der Waals surface area contributed by atoms with Gasteiger partial charge in [-0.15, -0.1) is 0 Å². The van der Waals surface area contributed by atoms with Crippen LogP contribution in [0, 0.1) is 5.92 Å². The number of hydrogen-bond donors (Lipinski definition) is 2. The first-order valence-corrected chi connectivity index (χ1v) is 14.0. The van der Waals surface area contributed by atoms with E-state index in [0.29, 0.717) is 42.7 Å². The molecule has 0 amide bonds. The van der Waals surface area contributed by atoms with Crippen LogP contribution >= 0.6 is 11.6 Å². The van der Waals surface area contributed by atoms with Crippen molar-refractivity contribution in [2.45, 2.75) is 49.5 Å². The minimum absolute atomic E-state index is 0.0165. The highest BCUT2D eigenvalue weighted by Gasteiger charge is 2.33. The number of rotatable bonds is 7. The van der Waals surface area contributed by atoms with E-state index in [0.717, 1.165) is 23.1 Å². The molecule has 0 saturated heterocycles. The van der Waals surface area contributed by atoms with Crippen molar-refractivity contribution < 1.29 is 18.3 Å². The minimum atomic E-state index is -3.64. The summed E-state index contributed by atoms with van der Waals surface area (Å²) in [5.41, 5.74) is 4.97. The zero-order valence-corrected chi connectivity index (χ0v) is 21.4. The number of carbonyl (C=O) groups is 1. The molecule has 5 nitrogen and oxygen atoms in total. The Morgan fingerprint density at radius 1 is 0.944 bits per heavy atom. The lowest BCUT2D eigenvalue weighted by Gasteiger charge is -2.27. The lowest BCUT2D eigenvalue weighted by molar-refractivity contribution is -0.115. The van der Waals surface area contributed by atoms with Crippen molar-refractivity contribution in [2.75, 3.05) is 0 Å². The number of aliphatic hydroxyl groups excluding tert-OH is 1. The minimum Gasteiger partial charge on any atom is -0.512 e. The lowest BCUT2D eigenvalue weighted by atomic mass is 9.83. The Bertz CT molecular complexity index is 1420. The summed E-state index contributed by atoms with van der Waals surface area (Å²) in [6.07, 6.45) is 3.38. The zero-order chi connectivity index (χ0) is 25.3. The van der Waals surface area contributed by atoms with Crippen LogP contribution in [0.15, 0.2) is 89.0 Å². The van der Waals surface area contributed by atoms with Gasteiger partial charge in [-0.3, -0.25) is 4.79 Å². The third-order valence-corrected chi connectivity index (χ3v) is 8.97. The second-order valence-electron chi connectivity index (χ2n) is 9.62. The van der Waals surface area contributed by atoms with Gasteiger partial charge < -0.3 is 5.11 Å². The summed E-state index contributed by atoms with van der Waals surface area (Å²) in [5, 5.41) is 11.4. The van der Waals surface area contributed by atoms with Crippen LogP contribution in [0.3, 0.4) is 0 Å². The van der Waals surface area contributed by atoms with Crippen molar-refractivity contribution in [3.8, 4) is 0 Å². The molecular weight excluding hydrogens is 494 g/mol. The van der Waals surface area contributed by atoms with Crippen molar-refractivity contribution in [1.82, 2.24) is 4.72 Å². The number of hydrogen-bond acceptors (Lipinski definition) is 4. The maximum atomic E-state index is 12.8. The molecule has 3 aromatic carbocycles. The molecule has 36 heavy (non-hydrogen) atoms. The average molecular weight is 522 g/mol. The summed E-state index contributed by atoms with van der Waals surface area (Å²) < 4.78 is 28.5. The molecule has 0 aromatic heterocycles. The summed E-state index contributed by atoms with van der Waals surface area (Å²) in [7, 11) is -3.64. The van der Waals surface area contributed by atoms with Crippen molar-refractivity contribution in [3.05, 3.63) is 111 Å². The molecule has 2 atom stereocenters. The second kappa shape index (κ2) is 10.2. The molecule has 0 saturated carbocycles. The van der Waals surface area contributed by atoms with Gasteiger partial charge in [-0.25, -0.2) is 13.1 Å². The summed E-state index contributed by atoms with van der Waals surface area (Å²) in [6, 6.07) is 21.8. The maximum absolute atomic E-state index is 12.8. The first-order chi connectivity index (χ1) is 17.3. The van der Waals surface area contributed by atoms with Crippen LogP contribution in [-0.2, 0) is 40.5 Å². The average Bonchev–Trinajstić information content (AvgIpc) is 3.12. The number of benzene rings is 3. The number of fused-ring (bicyclic) bond motifs is 1. The number of ketones is 1. The van der Waals surface area contributed by atoms with Crippen LogP contribution in [0.25, 0.3) is 0 Å². The fourth-order valence-electron chi connectivity index (χ4n) is 5.34. The number of carbonyl (C=O) groups excluding carboxylic acids is 1. The molecule has 3 aromatic rings. The van der Waals surface area contributed by atoms with Crippen LogP contribution in [0.2, 0.25) is 5.02 Å². The molecule has 0 spiro atoms. The van der Waals surface area contributed by atoms with E-state index in [-0.39, 0.29) is 28.4 Å². The van der Waals surface area contributed by atoms with Crippen molar-refractivity contribution >= 4 is 27.4 Å². The van der Waals surface area contributed by atoms with Gasteiger partial charge >= 0.3 is 0 Å². The molecule has 0 heterocycles. The van der Waals surface area contributed by atoms with Gasteiger partial charge in [-0.05, 0) is 72.2 Å². The monoisotopic (exact) mass is 521 g/mol. The predicted octanol–water partition coefficient (Wildman–Crippen LogP) is 5.36. The van der Waals surface area contributed by atoms with E-state index in [1.807, 2.05) is 42.5 Å². The van der Waals surface area contributed by atoms with Crippen molar-refractivity contribution in [2.24, 2.45) is 5.92 Å². The number of nitrogens with one attached hydrogen (secondary N) is 1. The standard InChI is InChI=1S/C29H28ClNO4S/c30-23-9-12-25(13-10-23)36(34,35)31-24-11-14-26-20(7-4-8-21(26)17-24)16-22-18-28(32)27(29(22)33)15-19-5-2-1-3-6-19/h1-10,12-13,22,24,31,33H,11,14-18H2. The van der Waals surface area contributed by atoms with E-state index in [1.54, 1.807) is 12.1 Å². The van der Waals surface area contributed by atoms with Crippen LogP contribution < -0.4 is 4.72 Å². The van der Waals surface area contributed by atoms with Crippen LogP contribution in [0.4, 0.5) is 0 Å². The highest BCUT2D eigenvalue weighted by molar-refractivity contribution is 7.89. The Hall–Kier alpha value is -2.93. The van der Waals surface area contributed by atoms with Crippen LogP contribution in [0.5, 0.6) is 0 Å². The number of sulfonamides is 1. The van der Waals surface area contributed by atoms with E-state index < -0.39 is 10.0 Å². The third kappa shape index (κ3) is 5.26. The smallest absolute Gasteiger partial charge is 0.240 e. The van der Waals surface area contributed by atoms with E-state index in [9.17, 15) is 18.3 Å². The zero-order valence-electron chi connectivity index (χ0n) is 19.8. The molecule has 2 aliphatic carbocycles. The topological polar surface area (TPSA) is 83.5 Å². The van der Waals surface area contributed by atoms with Crippen LogP contribution in [-0.4, -0.2) is 25.3 Å². The number of aliphatic hydroxyl groups is 1. The lowest BCUT2D eigenvalue weighted by Crippen LogP contribution is -2.39. The highest BCUT2D eigenvalue weighted by atomic mass is 35.5. The third-order valence-electron chi connectivity index (χ3n) is 7.18. The summed E-state index contributed by atoms with van der Waals surface area (Å²) in [4.78, 5) is 12.9. The van der Waals surface area contributed by atoms with Gasteiger partial charge in [0.15, 0.2) is 5.78 Å². The Morgan fingerprint density at radius 2 is 1.69 bits per heavy atom. The molecule has 186 valence electrons. The molecule has 7 heteroatoms. The Balaban J connectivity index is 1.30. The largest absolute Gasteiger partial charge is 0.512 e. The summed E-state index contributed by atoms with van der Waals surface area (Å²) in [6.45, 7) is 0. The fraction of sp³-hybridized carbons (Fsp3) is 0.276. The van der Waals surface area contributed by atoms with Gasteiger partial charge in [0.25, 0.3) is 0 Å². The highest BCUT2D eigenvalue weighted by Crippen LogP contribution is 2.35. The molecule has 2 N–H and O–H groups in total. The summed E-state index contributed by atoms with van der Waals surface area (Å²) >= 11 is 5.89. The summed E-state index contributed by atoms with van der Waals surface area (Å²) in [5.74, 6) is 0.0116. The van der Waals surface area contributed by atoms with E-state index >= 15 is 0 Å². The molecule has 0 bridgehead atoms. The number of halogens is 1. The second-order valence-corrected chi connectivity index (χ2v) is 11.8. The van der Waals surface area contributed by atoms with Crippen molar-refractivity contribution in [3.63, 3.8) is 0 Å². The molecular formula is C29H28ClNO4S. The molecule has 0 aliphatic heterocycles. The van der Waals surface area contributed by atoms with Gasteiger partial charge in [0.2, 0.25) is 10.0 Å². The van der Waals surface area contributed by atoms with Crippen molar-refractivity contribution in [1.29, 1.82) is 0 Å². The predicted molar refractivity (Wildman–Crippen MR) is 141 cm³/mol. The van der Waals surface area contributed by atoms with E-state index in [4.69, 9.17) is 11.6 Å². The van der Waals surface area contributed by atoms with Gasteiger partial charge in [-0.2, -0.15) is 0 Å². The number of allylic oxidation sites excluding steroid dienone is 2. The fourth-order valence-corrected chi connectivity index (χ4v) is 6.73. The molecule has 0 fully saturated rings. The molecule has 5 rings (SSSR count). The Morgan fingerprint density at radius 3 is 2.44 bits per heavy atom.